The van der Waals surface area contributed by atoms with E-state index < -0.39 is 0 Å². The number of hydrogen-bond donors (Lipinski definition) is 1. The van der Waals surface area contributed by atoms with Gasteiger partial charge in [0.15, 0.2) is 0 Å². The number of amides is 2. The van der Waals surface area contributed by atoms with Crippen LogP contribution in [0.15, 0.2) is 35.2 Å². The lowest BCUT2D eigenvalue weighted by atomic mass is 9.96. The van der Waals surface area contributed by atoms with Gasteiger partial charge < -0.3 is 10.2 Å². The first-order valence-corrected chi connectivity index (χ1v) is 9.08. The van der Waals surface area contributed by atoms with Gasteiger partial charge in [0.05, 0.1) is 5.69 Å². The van der Waals surface area contributed by atoms with Crippen molar-refractivity contribution in [1.29, 1.82) is 0 Å². The summed E-state index contributed by atoms with van der Waals surface area (Å²) in [6.07, 6.45) is 3.25. The summed E-state index contributed by atoms with van der Waals surface area (Å²) in [5, 5.41) is 7.11. The molecule has 2 amide bonds. The average molecular weight is 343 g/mol. The Morgan fingerprint density at radius 1 is 1.33 bits per heavy atom. The van der Waals surface area contributed by atoms with Crippen molar-refractivity contribution in [3.05, 3.63) is 40.7 Å². The van der Waals surface area contributed by atoms with E-state index in [4.69, 9.17) is 0 Å². The minimum atomic E-state index is -0.00113. The van der Waals surface area contributed by atoms with Crippen molar-refractivity contribution >= 4 is 23.2 Å². The zero-order valence-electron chi connectivity index (χ0n) is 13.7. The standard InChI is InChI=1S/C18H21N3O2S/c1-13(22)21-7-3-15(4-8-21)18(23)20-11-14-2-6-19-17(10-14)16-5-9-24-12-16/h2,5-6,9-10,12,15H,3-4,7-8,11H2,1H3,(H,20,23). The zero-order chi connectivity index (χ0) is 16.9. The molecule has 126 valence electrons. The summed E-state index contributed by atoms with van der Waals surface area (Å²) >= 11 is 1.64. The molecular weight excluding hydrogens is 322 g/mol. The van der Waals surface area contributed by atoms with Crippen molar-refractivity contribution in [3.8, 4) is 11.3 Å². The van der Waals surface area contributed by atoms with Crippen molar-refractivity contribution in [2.75, 3.05) is 13.1 Å². The van der Waals surface area contributed by atoms with Crippen LogP contribution in [0.3, 0.4) is 0 Å². The molecule has 0 spiro atoms. The molecule has 0 aliphatic carbocycles. The van der Waals surface area contributed by atoms with Crippen LogP contribution in [-0.4, -0.2) is 34.8 Å². The maximum atomic E-state index is 12.3. The second-order valence-corrected chi connectivity index (χ2v) is 6.84. The molecule has 3 heterocycles. The van der Waals surface area contributed by atoms with Crippen LogP contribution in [0.2, 0.25) is 0 Å². The number of likely N-dealkylation sites (tertiary alicyclic amines) is 1. The van der Waals surface area contributed by atoms with E-state index in [1.54, 1.807) is 29.4 Å². The molecule has 3 rings (SSSR count). The molecule has 0 unspecified atom stereocenters. The number of aromatic nitrogens is 1. The van der Waals surface area contributed by atoms with Crippen LogP contribution in [0.1, 0.15) is 25.3 Å². The minimum Gasteiger partial charge on any atom is -0.352 e. The molecule has 6 heteroatoms. The van der Waals surface area contributed by atoms with Gasteiger partial charge in [0.25, 0.3) is 0 Å². The van der Waals surface area contributed by atoms with E-state index in [9.17, 15) is 9.59 Å². The number of nitrogens with one attached hydrogen (secondary N) is 1. The molecule has 1 N–H and O–H groups in total. The summed E-state index contributed by atoms with van der Waals surface area (Å²) < 4.78 is 0. The van der Waals surface area contributed by atoms with Crippen molar-refractivity contribution < 1.29 is 9.59 Å². The highest BCUT2D eigenvalue weighted by atomic mass is 32.1. The molecule has 1 aliphatic heterocycles. The molecule has 0 atom stereocenters. The summed E-state index contributed by atoms with van der Waals surface area (Å²) in [5.41, 5.74) is 3.07. The number of nitrogens with zero attached hydrogens (tertiary/aromatic N) is 2. The number of piperidine rings is 1. The highest BCUT2D eigenvalue weighted by molar-refractivity contribution is 7.08. The lowest BCUT2D eigenvalue weighted by molar-refractivity contribution is -0.134. The monoisotopic (exact) mass is 343 g/mol. The predicted octanol–water partition coefficient (Wildman–Crippen LogP) is 2.68. The summed E-state index contributed by atoms with van der Waals surface area (Å²) in [7, 11) is 0. The Labute approximate surface area is 145 Å². The zero-order valence-corrected chi connectivity index (χ0v) is 14.5. The molecule has 0 aromatic carbocycles. The first-order valence-electron chi connectivity index (χ1n) is 8.14. The van der Waals surface area contributed by atoms with E-state index in [-0.39, 0.29) is 17.7 Å². The maximum Gasteiger partial charge on any atom is 0.223 e. The topological polar surface area (TPSA) is 62.3 Å². The fourth-order valence-electron chi connectivity index (χ4n) is 2.94. The van der Waals surface area contributed by atoms with Crippen LogP contribution < -0.4 is 5.32 Å². The SMILES string of the molecule is CC(=O)N1CCC(C(=O)NCc2ccnc(-c3ccsc3)c2)CC1. The van der Waals surface area contributed by atoms with E-state index in [0.29, 0.717) is 19.6 Å². The van der Waals surface area contributed by atoms with E-state index in [1.165, 1.54) is 0 Å². The second-order valence-electron chi connectivity index (χ2n) is 6.06. The molecule has 1 fully saturated rings. The number of rotatable bonds is 4. The quantitative estimate of drug-likeness (QED) is 0.928. The Hall–Kier alpha value is -2.21. The molecule has 24 heavy (non-hydrogen) atoms. The molecular formula is C18H21N3O2S. The van der Waals surface area contributed by atoms with Gasteiger partial charge in [-0.25, -0.2) is 0 Å². The highest BCUT2D eigenvalue weighted by Gasteiger charge is 2.25. The molecule has 2 aromatic heterocycles. The number of carbonyl (C=O) groups excluding carboxylic acids is 2. The first kappa shape index (κ1) is 16.6. The summed E-state index contributed by atoms with van der Waals surface area (Å²) in [6.45, 7) is 3.43. The van der Waals surface area contributed by atoms with E-state index in [1.807, 2.05) is 23.6 Å². The summed E-state index contributed by atoms with van der Waals surface area (Å²) in [5.74, 6) is 0.164. The van der Waals surface area contributed by atoms with Crippen LogP contribution in [0.5, 0.6) is 0 Å². The fraction of sp³-hybridized carbons (Fsp3) is 0.389. The summed E-state index contributed by atoms with van der Waals surface area (Å²) in [6, 6.07) is 5.98. The number of carbonyl (C=O) groups is 2. The Morgan fingerprint density at radius 3 is 2.79 bits per heavy atom. The molecule has 0 saturated carbocycles. The van der Waals surface area contributed by atoms with Crippen molar-refractivity contribution in [2.45, 2.75) is 26.3 Å². The van der Waals surface area contributed by atoms with Gasteiger partial charge in [-0.3, -0.25) is 14.6 Å². The van der Waals surface area contributed by atoms with Gasteiger partial charge in [-0.15, -0.1) is 0 Å². The van der Waals surface area contributed by atoms with Crippen molar-refractivity contribution in [1.82, 2.24) is 15.2 Å². The van der Waals surface area contributed by atoms with Crippen LogP contribution in [0.25, 0.3) is 11.3 Å². The molecule has 1 aliphatic rings. The highest BCUT2D eigenvalue weighted by Crippen LogP contribution is 2.21. The smallest absolute Gasteiger partial charge is 0.223 e. The van der Waals surface area contributed by atoms with Gasteiger partial charge in [-0.2, -0.15) is 11.3 Å². The van der Waals surface area contributed by atoms with Crippen molar-refractivity contribution in [3.63, 3.8) is 0 Å². The third-order valence-electron chi connectivity index (χ3n) is 4.42. The van der Waals surface area contributed by atoms with Gasteiger partial charge in [0.1, 0.15) is 0 Å². The Bertz CT molecular complexity index is 707. The third kappa shape index (κ3) is 4.00. The number of pyridine rings is 1. The molecule has 0 radical (unpaired) electrons. The van der Waals surface area contributed by atoms with Gasteiger partial charge >= 0.3 is 0 Å². The van der Waals surface area contributed by atoms with E-state index >= 15 is 0 Å². The van der Waals surface area contributed by atoms with Gasteiger partial charge in [-0.05, 0) is 42.0 Å². The summed E-state index contributed by atoms with van der Waals surface area (Å²) in [4.78, 5) is 29.9. The van der Waals surface area contributed by atoms with Crippen LogP contribution >= 0.6 is 11.3 Å². The largest absolute Gasteiger partial charge is 0.352 e. The maximum absolute atomic E-state index is 12.3. The normalized spacial score (nSPS) is 15.3. The van der Waals surface area contributed by atoms with Crippen LogP contribution in [0, 0.1) is 5.92 Å². The van der Waals surface area contributed by atoms with E-state index in [2.05, 4.69) is 15.7 Å². The molecule has 2 aromatic rings. The molecule has 5 nitrogen and oxygen atoms in total. The lowest BCUT2D eigenvalue weighted by Crippen LogP contribution is -2.42. The lowest BCUT2D eigenvalue weighted by Gasteiger charge is -2.30. The van der Waals surface area contributed by atoms with Gasteiger partial charge in [0.2, 0.25) is 11.8 Å². The Morgan fingerprint density at radius 2 is 2.12 bits per heavy atom. The molecule has 0 bridgehead atoms. The predicted molar refractivity (Wildman–Crippen MR) is 94.4 cm³/mol. The minimum absolute atomic E-state index is 0.00113. The van der Waals surface area contributed by atoms with Crippen LogP contribution in [0.4, 0.5) is 0 Å². The Balaban J connectivity index is 1.53. The van der Waals surface area contributed by atoms with Gasteiger partial charge in [-0.1, -0.05) is 0 Å². The van der Waals surface area contributed by atoms with Crippen LogP contribution in [-0.2, 0) is 16.1 Å². The van der Waals surface area contributed by atoms with Crippen molar-refractivity contribution in [2.24, 2.45) is 5.92 Å². The second kappa shape index (κ2) is 7.57. The number of thiophene rings is 1. The number of hydrogen-bond acceptors (Lipinski definition) is 4. The fourth-order valence-corrected chi connectivity index (χ4v) is 3.59. The first-order chi connectivity index (χ1) is 11.6. The van der Waals surface area contributed by atoms with E-state index in [0.717, 1.165) is 29.7 Å². The molecule has 1 saturated heterocycles. The third-order valence-corrected chi connectivity index (χ3v) is 5.10. The Kier molecular flexibility index (Phi) is 5.25. The average Bonchev–Trinajstić information content (AvgIpc) is 3.15. The van der Waals surface area contributed by atoms with Gasteiger partial charge in [0, 0.05) is 49.6 Å².